The third kappa shape index (κ3) is 2.24. The van der Waals surface area contributed by atoms with E-state index < -0.39 is 31.2 Å². The summed E-state index contributed by atoms with van der Waals surface area (Å²) in [5.74, 6) is -0.603. The zero-order chi connectivity index (χ0) is 14.5. The standard InChI is InChI=1S/C13H11F3N2O2/c14-13(15,16)4-6(5-19)17-12(20)8-2-1-7-9(8)3-10-11(7)18-10/h1-3,6,18-19H,4-5H2,(H,17,20)/t6-/m0/s1. The molecule has 0 unspecified atom stereocenters. The highest BCUT2D eigenvalue weighted by molar-refractivity contribution is 6.07. The van der Waals surface area contributed by atoms with Gasteiger partial charge in [-0.2, -0.15) is 13.2 Å². The number of alkyl halides is 3. The first-order chi connectivity index (χ1) is 9.39. The predicted molar refractivity (Wildman–Crippen MR) is 65.4 cm³/mol. The van der Waals surface area contributed by atoms with E-state index in [9.17, 15) is 18.0 Å². The minimum Gasteiger partial charge on any atom is -0.394 e. The van der Waals surface area contributed by atoms with E-state index in [2.05, 4.69) is 10.3 Å². The minimum absolute atomic E-state index is 0.328. The van der Waals surface area contributed by atoms with E-state index in [0.717, 1.165) is 22.5 Å². The second-order valence-corrected chi connectivity index (χ2v) is 4.80. The molecule has 2 aliphatic carbocycles. The van der Waals surface area contributed by atoms with Crippen molar-refractivity contribution in [2.45, 2.75) is 18.6 Å². The van der Waals surface area contributed by atoms with Crippen molar-refractivity contribution in [3.8, 4) is 22.5 Å². The van der Waals surface area contributed by atoms with Crippen LogP contribution >= 0.6 is 0 Å². The Bertz CT molecular complexity index is 648. The van der Waals surface area contributed by atoms with Crippen LogP contribution in [0, 0.1) is 0 Å². The van der Waals surface area contributed by atoms with Crippen LogP contribution in [0.4, 0.5) is 13.2 Å². The molecule has 0 saturated carbocycles. The number of pyridine rings is 1. The van der Waals surface area contributed by atoms with Gasteiger partial charge < -0.3 is 15.4 Å². The Morgan fingerprint density at radius 1 is 1.35 bits per heavy atom. The number of rotatable bonds is 4. The largest absolute Gasteiger partial charge is 0.394 e. The van der Waals surface area contributed by atoms with Crippen LogP contribution in [0.25, 0.3) is 22.5 Å². The fourth-order valence-electron chi connectivity index (χ4n) is 2.34. The van der Waals surface area contributed by atoms with Gasteiger partial charge >= 0.3 is 6.18 Å². The molecule has 4 nitrogen and oxygen atoms in total. The molecule has 3 aliphatic rings. The molecule has 1 heterocycles. The SMILES string of the molecule is O=C(N[C@H](CO)CC(F)(F)F)c1ccc2c3[nH]c-3cc1-2. The summed E-state index contributed by atoms with van der Waals surface area (Å²) in [5, 5.41) is 11.2. The van der Waals surface area contributed by atoms with Crippen molar-refractivity contribution in [2.75, 3.05) is 6.61 Å². The van der Waals surface area contributed by atoms with Crippen LogP contribution in [0.3, 0.4) is 0 Å². The fraction of sp³-hybridized carbons (Fsp3) is 0.308. The van der Waals surface area contributed by atoms with Gasteiger partial charge in [0.15, 0.2) is 0 Å². The summed E-state index contributed by atoms with van der Waals surface area (Å²) in [5.41, 5.74) is 3.85. The van der Waals surface area contributed by atoms with Crippen molar-refractivity contribution in [2.24, 2.45) is 0 Å². The lowest BCUT2D eigenvalue weighted by atomic mass is 10.1. The zero-order valence-corrected chi connectivity index (χ0v) is 10.2. The molecule has 3 N–H and O–H groups in total. The van der Waals surface area contributed by atoms with Gasteiger partial charge in [0.25, 0.3) is 5.91 Å². The highest BCUT2D eigenvalue weighted by atomic mass is 19.4. The number of aromatic amines is 1. The number of hydrogen-bond acceptors (Lipinski definition) is 2. The second kappa shape index (κ2) is 4.24. The summed E-state index contributed by atoms with van der Waals surface area (Å²) < 4.78 is 36.8. The number of aromatic nitrogens is 1. The highest BCUT2D eigenvalue weighted by Crippen LogP contribution is 2.45. The molecule has 1 aliphatic heterocycles. The molecule has 3 rings (SSSR count). The molecule has 1 atom stereocenters. The molecule has 7 heteroatoms. The van der Waals surface area contributed by atoms with Crippen molar-refractivity contribution in [3.05, 3.63) is 23.8 Å². The number of fused-ring (bicyclic) bond motifs is 3. The third-order valence-corrected chi connectivity index (χ3v) is 3.30. The molecule has 106 valence electrons. The number of amides is 1. The van der Waals surface area contributed by atoms with E-state index >= 15 is 0 Å². The smallest absolute Gasteiger partial charge is 0.391 e. The van der Waals surface area contributed by atoms with Gasteiger partial charge in [0.05, 0.1) is 30.5 Å². The fourth-order valence-corrected chi connectivity index (χ4v) is 2.34. The van der Waals surface area contributed by atoms with Crippen LogP contribution in [0.15, 0.2) is 18.2 Å². The van der Waals surface area contributed by atoms with Crippen LogP contribution in [0.1, 0.15) is 16.8 Å². The molecular formula is C13H11F3N2O2. The minimum atomic E-state index is -4.43. The molecular weight excluding hydrogens is 273 g/mol. The Morgan fingerprint density at radius 3 is 2.75 bits per heavy atom. The number of aliphatic hydroxyl groups excluding tert-OH is 1. The zero-order valence-electron chi connectivity index (χ0n) is 10.2. The normalized spacial score (nSPS) is 14.4. The maximum Gasteiger partial charge on any atom is 0.391 e. The molecule has 0 fully saturated rings. The maximum absolute atomic E-state index is 12.3. The lowest BCUT2D eigenvalue weighted by molar-refractivity contribution is -0.141. The monoisotopic (exact) mass is 284 g/mol. The number of aliphatic hydroxyl groups is 1. The summed E-state index contributed by atoms with van der Waals surface area (Å²) in [6.45, 7) is -0.756. The summed E-state index contributed by atoms with van der Waals surface area (Å²) >= 11 is 0. The first-order valence-corrected chi connectivity index (χ1v) is 6.03. The molecule has 0 aromatic heterocycles. The van der Waals surface area contributed by atoms with Crippen LogP contribution in [-0.4, -0.2) is 34.8 Å². The van der Waals surface area contributed by atoms with Crippen LogP contribution in [0.2, 0.25) is 0 Å². The molecule has 0 spiro atoms. The summed E-state index contributed by atoms with van der Waals surface area (Å²) in [4.78, 5) is 15.0. The second-order valence-electron chi connectivity index (χ2n) is 4.80. The van der Waals surface area contributed by atoms with E-state index in [-0.39, 0.29) is 0 Å². The average Bonchev–Trinajstić information content (AvgIpc) is 2.82. The van der Waals surface area contributed by atoms with Crippen LogP contribution in [-0.2, 0) is 0 Å². The lowest BCUT2D eigenvalue weighted by Crippen LogP contribution is -2.40. The van der Waals surface area contributed by atoms with Crippen molar-refractivity contribution < 1.29 is 23.1 Å². The van der Waals surface area contributed by atoms with Gasteiger partial charge in [-0.25, -0.2) is 0 Å². The van der Waals surface area contributed by atoms with Gasteiger partial charge in [0, 0.05) is 11.1 Å². The topological polar surface area (TPSA) is 65.1 Å². The van der Waals surface area contributed by atoms with Gasteiger partial charge in [0.2, 0.25) is 0 Å². The van der Waals surface area contributed by atoms with Crippen molar-refractivity contribution in [1.29, 1.82) is 0 Å². The Morgan fingerprint density at radius 2 is 2.10 bits per heavy atom. The summed E-state index contributed by atoms with van der Waals surface area (Å²) in [7, 11) is 0. The molecule has 0 aromatic rings. The predicted octanol–water partition coefficient (Wildman–Crippen LogP) is 2.14. The number of nitrogens with one attached hydrogen (secondary N) is 2. The molecule has 20 heavy (non-hydrogen) atoms. The molecule has 0 bridgehead atoms. The lowest BCUT2D eigenvalue weighted by Gasteiger charge is -2.17. The van der Waals surface area contributed by atoms with E-state index in [1.165, 1.54) is 0 Å². The van der Waals surface area contributed by atoms with Crippen molar-refractivity contribution in [1.82, 2.24) is 10.3 Å². The number of halogens is 3. The number of carbonyl (C=O) groups excluding carboxylic acids is 1. The number of hydrogen-bond donors (Lipinski definition) is 3. The first-order valence-electron chi connectivity index (χ1n) is 6.03. The highest BCUT2D eigenvalue weighted by Gasteiger charge is 2.33. The average molecular weight is 284 g/mol. The van der Waals surface area contributed by atoms with Gasteiger partial charge in [-0.1, -0.05) is 6.07 Å². The summed E-state index contributed by atoms with van der Waals surface area (Å²) in [6.07, 6.45) is -5.68. The van der Waals surface area contributed by atoms with Crippen LogP contribution < -0.4 is 5.32 Å². The Kier molecular flexibility index (Phi) is 2.75. The Labute approximate surface area is 111 Å². The Hall–Kier alpha value is -2.02. The third-order valence-electron chi connectivity index (χ3n) is 3.30. The molecule has 1 amide bonds. The van der Waals surface area contributed by atoms with Gasteiger partial charge in [-0.15, -0.1) is 0 Å². The van der Waals surface area contributed by atoms with Gasteiger partial charge in [-0.3, -0.25) is 4.79 Å². The van der Waals surface area contributed by atoms with E-state index in [1.807, 2.05) is 0 Å². The molecule has 0 aromatic carbocycles. The van der Waals surface area contributed by atoms with Crippen molar-refractivity contribution in [3.63, 3.8) is 0 Å². The van der Waals surface area contributed by atoms with Gasteiger partial charge in [0.1, 0.15) is 0 Å². The first kappa shape index (κ1) is 13.0. The molecule has 0 radical (unpaired) electrons. The Balaban J connectivity index is 1.73. The number of carbonyl (C=O) groups is 1. The van der Waals surface area contributed by atoms with E-state index in [1.54, 1.807) is 18.2 Å². The number of H-pyrrole nitrogens is 1. The van der Waals surface area contributed by atoms with E-state index in [4.69, 9.17) is 5.11 Å². The molecule has 0 saturated heterocycles. The van der Waals surface area contributed by atoms with Crippen molar-refractivity contribution >= 4 is 5.91 Å². The quantitative estimate of drug-likeness (QED) is 0.687. The summed E-state index contributed by atoms with van der Waals surface area (Å²) in [6, 6.07) is 3.78. The van der Waals surface area contributed by atoms with E-state index in [0.29, 0.717) is 5.56 Å². The van der Waals surface area contributed by atoms with Crippen LogP contribution in [0.5, 0.6) is 0 Å². The maximum atomic E-state index is 12.3. The van der Waals surface area contributed by atoms with Gasteiger partial charge in [-0.05, 0) is 17.7 Å².